The van der Waals surface area contributed by atoms with E-state index < -0.39 is 11.8 Å². The molecule has 3 rings (SSSR count). The number of rotatable bonds is 2. The van der Waals surface area contributed by atoms with Crippen LogP contribution >= 0.6 is 0 Å². The lowest BCUT2D eigenvalue weighted by molar-refractivity contribution is 0.0730. The van der Waals surface area contributed by atoms with Crippen LogP contribution in [0.2, 0.25) is 0 Å². The molecule has 4 heteroatoms. The number of halogens is 1. The Morgan fingerprint density at radius 1 is 1.00 bits per heavy atom. The minimum Gasteiger partial charge on any atom is -0.507 e. The van der Waals surface area contributed by atoms with Crippen LogP contribution in [0.4, 0.5) is 4.39 Å². The summed E-state index contributed by atoms with van der Waals surface area (Å²) in [5.74, 6) is -1.28. The van der Waals surface area contributed by atoms with E-state index in [0.29, 0.717) is 5.39 Å². The molecule has 3 nitrogen and oxygen atoms in total. The molecule has 0 bridgehead atoms. The van der Waals surface area contributed by atoms with Gasteiger partial charge in [0.15, 0.2) is 0 Å². The van der Waals surface area contributed by atoms with Crippen LogP contribution in [0.3, 0.4) is 0 Å². The molecule has 0 heterocycles. The van der Waals surface area contributed by atoms with Crippen LogP contribution in [0, 0.1) is 5.82 Å². The average molecular weight is 282 g/mol. The summed E-state index contributed by atoms with van der Waals surface area (Å²) in [4.78, 5) is 11.9. The van der Waals surface area contributed by atoms with Gasteiger partial charge >= 0.3 is 5.97 Å². The molecule has 104 valence electrons. The normalized spacial score (nSPS) is 10.5. The van der Waals surface area contributed by atoms with Crippen molar-refractivity contribution in [2.24, 2.45) is 0 Å². The van der Waals surface area contributed by atoms with Gasteiger partial charge in [-0.2, -0.15) is 0 Å². The second-order valence-electron chi connectivity index (χ2n) is 4.53. The zero-order valence-electron chi connectivity index (χ0n) is 10.9. The number of aromatic hydroxyl groups is 1. The van der Waals surface area contributed by atoms with E-state index in [1.165, 1.54) is 24.3 Å². The fourth-order valence-corrected chi connectivity index (χ4v) is 2.11. The Balaban J connectivity index is 1.95. The number of benzene rings is 3. The summed E-state index contributed by atoms with van der Waals surface area (Å²) in [6.45, 7) is 0. The highest BCUT2D eigenvalue weighted by molar-refractivity contribution is 5.93. The van der Waals surface area contributed by atoms with Crippen molar-refractivity contribution in [1.82, 2.24) is 0 Å². The van der Waals surface area contributed by atoms with Crippen LogP contribution in [-0.4, -0.2) is 11.1 Å². The summed E-state index contributed by atoms with van der Waals surface area (Å²) in [5, 5.41) is 11.3. The zero-order valence-corrected chi connectivity index (χ0v) is 10.9. The van der Waals surface area contributed by atoms with Crippen LogP contribution in [-0.2, 0) is 0 Å². The van der Waals surface area contributed by atoms with Gasteiger partial charge in [0.1, 0.15) is 17.3 Å². The van der Waals surface area contributed by atoms with Gasteiger partial charge < -0.3 is 9.84 Å². The van der Waals surface area contributed by atoms with Crippen molar-refractivity contribution < 1.29 is 19.0 Å². The van der Waals surface area contributed by atoms with Gasteiger partial charge in [-0.05, 0) is 23.6 Å². The zero-order chi connectivity index (χ0) is 14.8. The molecule has 0 radical (unpaired) electrons. The number of esters is 1. The molecule has 3 aromatic carbocycles. The number of ether oxygens (including phenoxy) is 1. The van der Waals surface area contributed by atoms with E-state index in [9.17, 15) is 14.3 Å². The van der Waals surface area contributed by atoms with Gasteiger partial charge in [-0.15, -0.1) is 0 Å². The van der Waals surface area contributed by atoms with Crippen LogP contribution in [0.5, 0.6) is 11.5 Å². The van der Waals surface area contributed by atoms with Crippen molar-refractivity contribution in [1.29, 1.82) is 0 Å². The average Bonchev–Trinajstić information content (AvgIpc) is 2.47. The number of hydrogen-bond donors (Lipinski definition) is 1. The van der Waals surface area contributed by atoms with Crippen LogP contribution in [0.1, 0.15) is 10.4 Å². The smallest absolute Gasteiger partial charge is 0.346 e. The third-order valence-electron chi connectivity index (χ3n) is 3.12. The van der Waals surface area contributed by atoms with E-state index in [1.807, 2.05) is 6.07 Å². The number of carbonyl (C=O) groups excluding carboxylic acids is 1. The van der Waals surface area contributed by atoms with Gasteiger partial charge in [-0.3, -0.25) is 0 Å². The molecule has 0 unspecified atom stereocenters. The van der Waals surface area contributed by atoms with Gasteiger partial charge in [0.25, 0.3) is 0 Å². The first-order valence-corrected chi connectivity index (χ1v) is 6.33. The summed E-state index contributed by atoms with van der Waals surface area (Å²) in [6, 6.07) is 15.7. The van der Waals surface area contributed by atoms with Crippen molar-refractivity contribution in [3.8, 4) is 11.5 Å². The van der Waals surface area contributed by atoms with E-state index in [0.717, 1.165) is 5.39 Å². The van der Waals surface area contributed by atoms with Crippen molar-refractivity contribution in [3.05, 3.63) is 72.0 Å². The van der Waals surface area contributed by atoms with Gasteiger partial charge in [0.05, 0.1) is 5.56 Å². The highest BCUT2D eigenvalue weighted by Gasteiger charge is 2.14. The van der Waals surface area contributed by atoms with Gasteiger partial charge in [0.2, 0.25) is 0 Å². The molecule has 0 spiro atoms. The predicted molar refractivity (Wildman–Crippen MR) is 77.0 cm³/mol. The molecule has 0 aliphatic rings. The van der Waals surface area contributed by atoms with Crippen molar-refractivity contribution in [3.63, 3.8) is 0 Å². The SMILES string of the molecule is O=C(Oc1cc(O)c2ccccc2c1)c1ccccc1F. The summed E-state index contributed by atoms with van der Waals surface area (Å²) in [6.07, 6.45) is 0. The molecule has 1 N–H and O–H groups in total. The molecule has 3 aromatic rings. The first kappa shape index (κ1) is 13.1. The minimum atomic E-state index is -0.803. The molecular formula is C17H11FO3. The van der Waals surface area contributed by atoms with Crippen molar-refractivity contribution in [2.45, 2.75) is 0 Å². The summed E-state index contributed by atoms with van der Waals surface area (Å²) >= 11 is 0. The Kier molecular flexibility index (Phi) is 3.28. The maximum atomic E-state index is 13.5. The standard InChI is InChI=1S/C17H11FO3/c18-15-8-4-3-7-14(15)17(20)21-12-9-11-5-1-2-6-13(11)16(19)10-12/h1-10,19H. The van der Waals surface area contributed by atoms with Gasteiger partial charge in [-0.25, -0.2) is 9.18 Å². The molecule has 0 fully saturated rings. The fraction of sp³-hybridized carbons (Fsp3) is 0. The number of fused-ring (bicyclic) bond motifs is 1. The van der Waals surface area contributed by atoms with E-state index in [4.69, 9.17) is 4.74 Å². The predicted octanol–water partition coefficient (Wildman–Crippen LogP) is 3.90. The minimum absolute atomic E-state index is 0.00411. The highest BCUT2D eigenvalue weighted by Crippen LogP contribution is 2.30. The third-order valence-corrected chi connectivity index (χ3v) is 3.12. The summed E-state index contributed by atoms with van der Waals surface area (Å²) < 4.78 is 18.7. The Labute approximate surface area is 120 Å². The second kappa shape index (κ2) is 5.25. The van der Waals surface area contributed by atoms with E-state index in [-0.39, 0.29) is 17.1 Å². The molecule has 0 aromatic heterocycles. The maximum absolute atomic E-state index is 13.5. The van der Waals surface area contributed by atoms with E-state index >= 15 is 0 Å². The summed E-state index contributed by atoms with van der Waals surface area (Å²) in [7, 11) is 0. The lowest BCUT2D eigenvalue weighted by atomic mass is 10.1. The first-order chi connectivity index (χ1) is 10.1. The van der Waals surface area contributed by atoms with Crippen molar-refractivity contribution >= 4 is 16.7 Å². The van der Waals surface area contributed by atoms with E-state index in [2.05, 4.69) is 0 Å². The lowest BCUT2D eigenvalue weighted by Gasteiger charge is -2.08. The number of hydrogen-bond acceptors (Lipinski definition) is 3. The Morgan fingerprint density at radius 2 is 1.71 bits per heavy atom. The second-order valence-corrected chi connectivity index (χ2v) is 4.53. The number of phenolic OH excluding ortho intramolecular Hbond substituents is 1. The molecule has 0 amide bonds. The highest BCUT2D eigenvalue weighted by atomic mass is 19.1. The largest absolute Gasteiger partial charge is 0.507 e. The Bertz CT molecular complexity index is 827. The van der Waals surface area contributed by atoms with Crippen LogP contribution < -0.4 is 4.74 Å². The molecule has 0 saturated heterocycles. The van der Waals surface area contributed by atoms with Crippen LogP contribution in [0.15, 0.2) is 60.7 Å². The molecule has 21 heavy (non-hydrogen) atoms. The Hall–Kier alpha value is -2.88. The summed E-state index contributed by atoms with van der Waals surface area (Å²) in [5.41, 5.74) is -0.148. The maximum Gasteiger partial charge on any atom is 0.346 e. The van der Waals surface area contributed by atoms with Crippen molar-refractivity contribution in [2.75, 3.05) is 0 Å². The molecule has 0 aliphatic heterocycles. The van der Waals surface area contributed by atoms with Gasteiger partial charge in [-0.1, -0.05) is 36.4 Å². The Morgan fingerprint density at radius 3 is 2.52 bits per heavy atom. The molecule has 0 saturated carbocycles. The molecule has 0 aliphatic carbocycles. The monoisotopic (exact) mass is 282 g/mol. The molecule has 0 atom stereocenters. The number of phenols is 1. The fourth-order valence-electron chi connectivity index (χ4n) is 2.11. The lowest BCUT2D eigenvalue weighted by Crippen LogP contribution is -2.10. The van der Waals surface area contributed by atoms with E-state index in [1.54, 1.807) is 30.3 Å². The first-order valence-electron chi connectivity index (χ1n) is 6.33. The van der Waals surface area contributed by atoms with Crippen LogP contribution in [0.25, 0.3) is 10.8 Å². The third kappa shape index (κ3) is 2.56. The topological polar surface area (TPSA) is 46.5 Å². The van der Waals surface area contributed by atoms with Gasteiger partial charge in [0, 0.05) is 11.5 Å². The number of carbonyl (C=O) groups is 1. The quantitative estimate of drug-likeness (QED) is 0.572. The molecular weight excluding hydrogens is 271 g/mol.